The number of hydrogen-bond donors (Lipinski definition) is 2. The Kier molecular flexibility index (Phi) is 7.14. The minimum Gasteiger partial charge on any atom is -0.508 e. The summed E-state index contributed by atoms with van der Waals surface area (Å²) in [5, 5.41) is 12.6. The number of methoxy groups -OCH3 is 2. The van der Waals surface area contributed by atoms with E-state index in [9.17, 15) is 9.90 Å². The van der Waals surface area contributed by atoms with Gasteiger partial charge < -0.3 is 19.9 Å². The number of para-hydroxylation sites is 1. The third kappa shape index (κ3) is 5.71. The van der Waals surface area contributed by atoms with E-state index in [1.165, 1.54) is 0 Å². The van der Waals surface area contributed by atoms with Gasteiger partial charge in [-0.2, -0.15) is 0 Å². The average Bonchev–Trinajstić information content (AvgIpc) is 2.63. The maximum Gasteiger partial charge on any atom is 0.220 e. The molecule has 2 N–H and O–H groups in total. The highest BCUT2D eigenvalue weighted by atomic mass is 16.5. The zero-order valence-corrected chi connectivity index (χ0v) is 14.7. The molecule has 0 aliphatic carbocycles. The van der Waals surface area contributed by atoms with Crippen molar-refractivity contribution in [2.75, 3.05) is 20.8 Å². The fraction of sp³-hybridized carbons (Fsp3) is 0.350. The van der Waals surface area contributed by atoms with E-state index in [0.717, 1.165) is 24.0 Å². The van der Waals surface area contributed by atoms with Crippen molar-refractivity contribution in [3.05, 3.63) is 53.6 Å². The molecular formula is C20H25NO4. The van der Waals surface area contributed by atoms with Crippen LogP contribution in [0.2, 0.25) is 0 Å². The zero-order valence-electron chi connectivity index (χ0n) is 14.7. The van der Waals surface area contributed by atoms with E-state index in [1.807, 2.05) is 30.3 Å². The topological polar surface area (TPSA) is 67.8 Å². The number of ether oxygens (including phenoxy) is 2. The van der Waals surface area contributed by atoms with E-state index in [4.69, 9.17) is 9.47 Å². The van der Waals surface area contributed by atoms with E-state index in [0.29, 0.717) is 30.9 Å². The second-order valence-corrected chi connectivity index (χ2v) is 5.77. The molecular weight excluding hydrogens is 318 g/mol. The van der Waals surface area contributed by atoms with Crippen LogP contribution in [0.1, 0.15) is 24.0 Å². The Labute approximate surface area is 148 Å². The van der Waals surface area contributed by atoms with E-state index in [2.05, 4.69) is 5.32 Å². The molecule has 2 rings (SSSR count). The largest absolute Gasteiger partial charge is 0.508 e. The first-order valence-corrected chi connectivity index (χ1v) is 8.38. The number of phenols is 1. The Hall–Kier alpha value is -2.69. The number of amides is 1. The molecule has 0 spiro atoms. The summed E-state index contributed by atoms with van der Waals surface area (Å²) in [7, 11) is 3.22. The molecule has 0 aliphatic heterocycles. The van der Waals surface area contributed by atoms with Gasteiger partial charge in [0, 0.05) is 13.0 Å². The first-order chi connectivity index (χ1) is 12.1. The molecule has 0 aliphatic rings. The Morgan fingerprint density at radius 2 is 1.80 bits per heavy atom. The lowest BCUT2D eigenvalue weighted by atomic mass is 10.1. The second-order valence-electron chi connectivity index (χ2n) is 5.77. The molecule has 0 saturated heterocycles. The van der Waals surface area contributed by atoms with Crippen molar-refractivity contribution in [3.63, 3.8) is 0 Å². The normalized spacial score (nSPS) is 10.3. The van der Waals surface area contributed by atoms with Crippen LogP contribution >= 0.6 is 0 Å². The van der Waals surface area contributed by atoms with Gasteiger partial charge in [0.1, 0.15) is 5.75 Å². The Morgan fingerprint density at radius 1 is 1.04 bits per heavy atom. The van der Waals surface area contributed by atoms with Gasteiger partial charge in [-0.05, 0) is 48.6 Å². The van der Waals surface area contributed by atoms with Crippen LogP contribution in [-0.2, 0) is 17.6 Å². The van der Waals surface area contributed by atoms with Crippen LogP contribution in [0.5, 0.6) is 17.2 Å². The quantitative estimate of drug-likeness (QED) is 0.734. The standard InChI is InChI=1S/C20H25NO4/c1-24-18-11-10-15(14-19(18)25-2)6-5-9-20(23)21-13-12-16-7-3-4-8-17(16)22/h3-4,7-8,10-11,14,22H,5-6,9,12-13H2,1-2H3,(H,21,23). The zero-order chi connectivity index (χ0) is 18.1. The molecule has 5 nitrogen and oxygen atoms in total. The predicted molar refractivity (Wildman–Crippen MR) is 97.3 cm³/mol. The van der Waals surface area contributed by atoms with Crippen molar-refractivity contribution in [2.45, 2.75) is 25.7 Å². The summed E-state index contributed by atoms with van der Waals surface area (Å²) in [6.07, 6.45) is 2.65. The molecule has 0 bridgehead atoms. The van der Waals surface area contributed by atoms with Crippen LogP contribution in [0.25, 0.3) is 0 Å². The fourth-order valence-corrected chi connectivity index (χ4v) is 2.64. The number of nitrogens with one attached hydrogen (secondary N) is 1. The molecule has 2 aromatic carbocycles. The van der Waals surface area contributed by atoms with Crippen LogP contribution < -0.4 is 14.8 Å². The van der Waals surface area contributed by atoms with Gasteiger partial charge in [-0.3, -0.25) is 4.79 Å². The summed E-state index contributed by atoms with van der Waals surface area (Å²) in [6, 6.07) is 13.0. The number of carbonyl (C=O) groups is 1. The Bertz CT molecular complexity index is 700. The van der Waals surface area contributed by atoms with Crippen molar-refractivity contribution < 1.29 is 19.4 Å². The number of benzene rings is 2. The molecule has 0 radical (unpaired) electrons. The van der Waals surface area contributed by atoms with Gasteiger partial charge in [-0.25, -0.2) is 0 Å². The van der Waals surface area contributed by atoms with Gasteiger partial charge in [0.2, 0.25) is 5.91 Å². The number of hydrogen-bond acceptors (Lipinski definition) is 4. The lowest BCUT2D eigenvalue weighted by molar-refractivity contribution is -0.121. The van der Waals surface area contributed by atoms with E-state index in [-0.39, 0.29) is 11.7 Å². The molecule has 5 heteroatoms. The monoisotopic (exact) mass is 343 g/mol. The van der Waals surface area contributed by atoms with Gasteiger partial charge >= 0.3 is 0 Å². The van der Waals surface area contributed by atoms with Crippen LogP contribution in [0, 0.1) is 0 Å². The average molecular weight is 343 g/mol. The molecule has 0 aromatic heterocycles. The molecule has 0 fully saturated rings. The molecule has 0 saturated carbocycles. The Morgan fingerprint density at radius 3 is 2.52 bits per heavy atom. The Balaban J connectivity index is 1.71. The van der Waals surface area contributed by atoms with Crippen molar-refractivity contribution in [1.29, 1.82) is 0 Å². The first-order valence-electron chi connectivity index (χ1n) is 8.38. The molecule has 1 amide bonds. The summed E-state index contributed by atoms with van der Waals surface area (Å²) in [4.78, 5) is 11.9. The van der Waals surface area contributed by atoms with Gasteiger partial charge in [0.05, 0.1) is 14.2 Å². The maximum atomic E-state index is 11.9. The summed E-state index contributed by atoms with van der Waals surface area (Å²) in [5.41, 5.74) is 1.95. The van der Waals surface area contributed by atoms with Crippen molar-refractivity contribution >= 4 is 5.91 Å². The van der Waals surface area contributed by atoms with E-state index < -0.39 is 0 Å². The molecule has 0 heterocycles. The number of phenolic OH excluding ortho intramolecular Hbond substituents is 1. The van der Waals surface area contributed by atoms with Gasteiger partial charge in [0.15, 0.2) is 11.5 Å². The lowest BCUT2D eigenvalue weighted by Gasteiger charge is -2.10. The molecule has 25 heavy (non-hydrogen) atoms. The van der Waals surface area contributed by atoms with Crippen LogP contribution in [-0.4, -0.2) is 31.8 Å². The molecule has 2 aromatic rings. The highest BCUT2D eigenvalue weighted by Gasteiger charge is 2.06. The van der Waals surface area contributed by atoms with Crippen molar-refractivity contribution in [2.24, 2.45) is 0 Å². The summed E-state index contributed by atoms with van der Waals surface area (Å²) >= 11 is 0. The van der Waals surface area contributed by atoms with Crippen LogP contribution in [0.3, 0.4) is 0 Å². The summed E-state index contributed by atoms with van der Waals surface area (Å²) in [6.45, 7) is 0.521. The highest BCUT2D eigenvalue weighted by Crippen LogP contribution is 2.28. The smallest absolute Gasteiger partial charge is 0.220 e. The SMILES string of the molecule is COc1ccc(CCCC(=O)NCCc2ccccc2O)cc1OC. The van der Waals surface area contributed by atoms with Gasteiger partial charge in [0.25, 0.3) is 0 Å². The van der Waals surface area contributed by atoms with E-state index >= 15 is 0 Å². The third-order valence-electron chi connectivity index (χ3n) is 4.03. The van der Waals surface area contributed by atoms with Crippen LogP contribution in [0.4, 0.5) is 0 Å². The molecule has 0 atom stereocenters. The maximum absolute atomic E-state index is 11.9. The fourth-order valence-electron chi connectivity index (χ4n) is 2.64. The summed E-state index contributed by atoms with van der Waals surface area (Å²) < 4.78 is 10.5. The number of carbonyl (C=O) groups excluding carboxylic acids is 1. The number of rotatable bonds is 9. The third-order valence-corrected chi connectivity index (χ3v) is 4.03. The second kappa shape index (κ2) is 9.57. The van der Waals surface area contributed by atoms with Crippen molar-refractivity contribution in [1.82, 2.24) is 5.32 Å². The first kappa shape index (κ1) is 18.6. The lowest BCUT2D eigenvalue weighted by Crippen LogP contribution is -2.25. The van der Waals surface area contributed by atoms with E-state index in [1.54, 1.807) is 26.4 Å². The van der Waals surface area contributed by atoms with Gasteiger partial charge in [-0.1, -0.05) is 24.3 Å². The van der Waals surface area contributed by atoms with Gasteiger partial charge in [-0.15, -0.1) is 0 Å². The summed E-state index contributed by atoms with van der Waals surface area (Å²) in [5.74, 6) is 1.70. The highest BCUT2D eigenvalue weighted by molar-refractivity contribution is 5.75. The minimum atomic E-state index is 0.0240. The molecule has 0 unspecified atom stereocenters. The van der Waals surface area contributed by atoms with Crippen molar-refractivity contribution in [3.8, 4) is 17.2 Å². The van der Waals surface area contributed by atoms with Crippen LogP contribution in [0.15, 0.2) is 42.5 Å². The number of aromatic hydroxyl groups is 1. The minimum absolute atomic E-state index is 0.0240. The number of aryl methyl sites for hydroxylation is 1. The predicted octanol–water partition coefficient (Wildman–Crippen LogP) is 3.09. The molecule has 134 valence electrons.